The van der Waals surface area contributed by atoms with E-state index < -0.39 is 27.9 Å². The Bertz CT molecular complexity index is 928. The zero-order chi connectivity index (χ0) is 19.3. The van der Waals surface area contributed by atoms with Crippen LogP contribution in [-0.4, -0.2) is 26.8 Å². The van der Waals surface area contributed by atoms with Crippen LogP contribution in [-0.2, 0) is 14.8 Å². The van der Waals surface area contributed by atoms with E-state index in [-0.39, 0.29) is 17.1 Å². The minimum Gasteiger partial charge on any atom is -0.484 e. The van der Waals surface area contributed by atoms with Gasteiger partial charge in [-0.2, -0.15) is 0 Å². The summed E-state index contributed by atoms with van der Waals surface area (Å²) in [4.78, 5) is 23.1. The van der Waals surface area contributed by atoms with Crippen LogP contribution in [0.4, 0.5) is 0 Å². The predicted octanol–water partition coefficient (Wildman–Crippen LogP) is 0.689. The van der Waals surface area contributed by atoms with E-state index in [2.05, 4.69) is 5.32 Å². The molecule has 0 aliphatic carbocycles. The van der Waals surface area contributed by atoms with Crippen molar-refractivity contribution in [2.24, 2.45) is 10.9 Å². The van der Waals surface area contributed by atoms with Crippen LogP contribution in [0.25, 0.3) is 0 Å². The lowest BCUT2D eigenvalue weighted by Gasteiger charge is -2.15. The first-order chi connectivity index (χ1) is 12.2. The van der Waals surface area contributed by atoms with Gasteiger partial charge in [0.2, 0.25) is 15.9 Å². The van der Waals surface area contributed by atoms with Crippen molar-refractivity contribution in [1.82, 2.24) is 5.32 Å². The number of sulfonamides is 1. The molecule has 1 unspecified atom stereocenters. The highest BCUT2D eigenvalue weighted by molar-refractivity contribution is 7.89. The second-order valence-corrected chi connectivity index (χ2v) is 7.15. The Balaban J connectivity index is 1.97. The molecule has 2 aromatic rings. The Labute approximate surface area is 151 Å². The molecule has 0 radical (unpaired) electrons. The van der Waals surface area contributed by atoms with Crippen LogP contribution in [0.15, 0.2) is 53.4 Å². The molecule has 9 heteroatoms. The summed E-state index contributed by atoms with van der Waals surface area (Å²) in [5.41, 5.74) is 6.04. The summed E-state index contributed by atoms with van der Waals surface area (Å²) >= 11 is 0. The van der Waals surface area contributed by atoms with E-state index in [1.165, 1.54) is 24.3 Å². The largest absolute Gasteiger partial charge is 0.484 e. The van der Waals surface area contributed by atoms with Gasteiger partial charge < -0.3 is 15.8 Å². The quantitative estimate of drug-likeness (QED) is 0.651. The van der Waals surface area contributed by atoms with Crippen LogP contribution < -0.4 is 20.9 Å². The molecular formula is C17H19N3O5S. The molecule has 0 aliphatic heterocycles. The van der Waals surface area contributed by atoms with E-state index in [4.69, 9.17) is 15.6 Å². The van der Waals surface area contributed by atoms with Crippen LogP contribution in [0, 0.1) is 0 Å². The summed E-state index contributed by atoms with van der Waals surface area (Å²) in [5.74, 6) is -0.674. The molecule has 1 atom stereocenters. The molecule has 5 N–H and O–H groups in total. The summed E-state index contributed by atoms with van der Waals surface area (Å²) < 4.78 is 28.1. The highest BCUT2D eigenvalue weighted by atomic mass is 32.2. The first-order valence-electron chi connectivity index (χ1n) is 7.61. The molecular weight excluding hydrogens is 358 g/mol. The molecule has 2 amide bonds. The average molecular weight is 377 g/mol. The number of carbonyl (C=O) groups excluding carboxylic acids is 2. The molecule has 2 aromatic carbocycles. The highest BCUT2D eigenvalue weighted by Crippen LogP contribution is 2.17. The number of primary sulfonamides is 1. The van der Waals surface area contributed by atoms with E-state index in [0.29, 0.717) is 11.3 Å². The fourth-order valence-electron chi connectivity index (χ4n) is 2.22. The monoisotopic (exact) mass is 377 g/mol. The zero-order valence-corrected chi connectivity index (χ0v) is 14.8. The SMILES string of the molecule is CC(NC(=O)COc1cccc(C(N)=O)c1)c1cccc(S(N)(=O)=O)c1. The maximum atomic E-state index is 12.0. The first kappa shape index (κ1) is 19.4. The molecule has 8 nitrogen and oxygen atoms in total. The van der Waals surface area contributed by atoms with Gasteiger partial charge in [-0.25, -0.2) is 13.6 Å². The van der Waals surface area contributed by atoms with Gasteiger partial charge in [-0.3, -0.25) is 9.59 Å². The zero-order valence-electron chi connectivity index (χ0n) is 14.0. The minimum absolute atomic E-state index is 0.0318. The Morgan fingerprint density at radius 1 is 1.15 bits per heavy atom. The van der Waals surface area contributed by atoms with Crippen molar-refractivity contribution in [1.29, 1.82) is 0 Å². The molecule has 0 heterocycles. The van der Waals surface area contributed by atoms with Crippen molar-refractivity contribution >= 4 is 21.8 Å². The Kier molecular flexibility index (Phi) is 5.96. The van der Waals surface area contributed by atoms with Crippen molar-refractivity contribution < 1.29 is 22.7 Å². The number of ether oxygens (including phenoxy) is 1. The van der Waals surface area contributed by atoms with Gasteiger partial charge in [0.15, 0.2) is 6.61 Å². The van der Waals surface area contributed by atoms with Gasteiger partial charge in [-0.1, -0.05) is 18.2 Å². The lowest BCUT2D eigenvalue weighted by atomic mass is 10.1. The normalized spacial score (nSPS) is 12.2. The van der Waals surface area contributed by atoms with Gasteiger partial charge in [-0.05, 0) is 42.8 Å². The van der Waals surface area contributed by atoms with Gasteiger partial charge in [0.25, 0.3) is 5.91 Å². The van der Waals surface area contributed by atoms with Gasteiger partial charge in [-0.15, -0.1) is 0 Å². The molecule has 0 fully saturated rings. The molecule has 2 rings (SSSR count). The molecule has 0 saturated heterocycles. The van der Waals surface area contributed by atoms with Crippen molar-refractivity contribution in [2.75, 3.05) is 6.61 Å². The summed E-state index contributed by atoms with van der Waals surface area (Å²) in [6.45, 7) is 1.43. The maximum Gasteiger partial charge on any atom is 0.258 e. The van der Waals surface area contributed by atoms with Crippen molar-refractivity contribution in [3.05, 3.63) is 59.7 Å². The second-order valence-electron chi connectivity index (χ2n) is 5.59. The van der Waals surface area contributed by atoms with Crippen molar-refractivity contribution in [2.45, 2.75) is 17.9 Å². The maximum absolute atomic E-state index is 12.0. The fraction of sp³-hybridized carbons (Fsp3) is 0.176. The molecule has 0 aromatic heterocycles. The number of rotatable bonds is 7. The molecule has 0 bridgehead atoms. The molecule has 0 spiro atoms. The lowest BCUT2D eigenvalue weighted by Crippen LogP contribution is -2.31. The van der Waals surface area contributed by atoms with Crippen LogP contribution in [0.5, 0.6) is 5.75 Å². The van der Waals surface area contributed by atoms with E-state index in [1.54, 1.807) is 31.2 Å². The minimum atomic E-state index is -3.82. The lowest BCUT2D eigenvalue weighted by molar-refractivity contribution is -0.123. The Morgan fingerprint density at radius 2 is 1.85 bits per heavy atom. The van der Waals surface area contributed by atoms with E-state index >= 15 is 0 Å². The Hall–Kier alpha value is -2.91. The number of nitrogens with two attached hydrogens (primary N) is 2. The Morgan fingerprint density at radius 3 is 2.50 bits per heavy atom. The van der Waals surface area contributed by atoms with Crippen molar-refractivity contribution in [3.63, 3.8) is 0 Å². The van der Waals surface area contributed by atoms with Crippen molar-refractivity contribution in [3.8, 4) is 5.75 Å². The third kappa shape index (κ3) is 5.30. The van der Waals surface area contributed by atoms with E-state index in [0.717, 1.165) is 0 Å². The van der Waals surface area contributed by atoms with E-state index in [9.17, 15) is 18.0 Å². The van der Waals surface area contributed by atoms with Gasteiger partial charge >= 0.3 is 0 Å². The number of amides is 2. The standard InChI is InChI=1S/C17H19N3O5S/c1-11(12-4-3-7-15(9-12)26(19,23)24)20-16(21)10-25-14-6-2-5-13(8-14)17(18)22/h2-9,11H,10H2,1H3,(H2,18,22)(H,20,21)(H2,19,23,24). The second kappa shape index (κ2) is 7.98. The third-order valence-electron chi connectivity index (χ3n) is 3.55. The van der Waals surface area contributed by atoms with Crippen LogP contribution in [0.2, 0.25) is 0 Å². The van der Waals surface area contributed by atoms with Crippen LogP contribution in [0.3, 0.4) is 0 Å². The average Bonchev–Trinajstić information content (AvgIpc) is 2.59. The fourth-order valence-corrected chi connectivity index (χ4v) is 2.78. The third-order valence-corrected chi connectivity index (χ3v) is 4.46. The van der Waals surface area contributed by atoms with Crippen LogP contribution >= 0.6 is 0 Å². The topological polar surface area (TPSA) is 142 Å². The number of primary amides is 1. The number of benzene rings is 2. The summed E-state index contributed by atoms with van der Waals surface area (Å²) in [5, 5.41) is 7.80. The first-order valence-corrected chi connectivity index (χ1v) is 9.16. The number of nitrogens with one attached hydrogen (secondary N) is 1. The van der Waals surface area contributed by atoms with Crippen LogP contribution in [0.1, 0.15) is 28.9 Å². The molecule has 138 valence electrons. The summed E-state index contributed by atoms with van der Waals surface area (Å²) in [6, 6.07) is 11.7. The summed E-state index contributed by atoms with van der Waals surface area (Å²) in [6.07, 6.45) is 0. The molecule has 0 aliphatic rings. The van der Waals surface area contributed by atoms with Gasteiger partial charge in [0, 0.05) is 5.56 Å². The van der Waals surface area contributed by atoms with Gasteiger partial charge in [0.1, 0.15) is 5.75 Å². The number of carbonyl (C=O) groups is 2. The smallest absolute Gasteiger partial charge is 0.258 e. The predicted molar refractivity (Wildman–Crippen MR) is 94.8 cm³/mol. The van der Waals surface area contributed by atoms with Gasteiger partial charge in [0.05, 0.1) is 10.9 Å². The van der Waals surface area contributed by atoms with E-state index in [1.807, 2.05) is 0 Å². The summed E-state index contributed by atoms with van der Waals surface area (Å²) in [7, 11) is -3.82. The molecule has 26 heavy (non-hydrogen) atoms. The highest BCUT2D eigenvalue weighted by Gasteiger charge is 2.14. The molecule has 0 saturated carbocycles. The number of hydrogen-bond donors (Lipinski definition) is 3. The number of hydrogen-bond acceptors (Lipinski definition) is 5.